The number of nitrogens with zero attached hydrogens (tertiary/aromatic N) is 1. The van der Waals surface area contributed by atoms with Crippen LogP contribution in [0.3, 0.4) is 0 Å². The van der Waals surface area contributed by atoms with Gasteiger partial charge in [-0.15, -0.1) is 0 Å². The summed E-state index contributed by atoms with van der Waals surface area (Å²) in [6.45, 7) is 1.01. The lowest BCUT2D eigenvalue weighted by atomic mass is 9.88. The third-order valence-corrected chi connectivity index (χ3v) is 4.99. The highest BCUT2D eigenvalue weighted by atomic mass is 79.9. The van der Waals surface area contributed by atoms with Crippen LogP contribution >= 0.6 is 15.9 Å². The molecule has 1 aromatic rings. The van der Waals surface area contributed by atoms with E-state index in [2.05, 4.69) is 15.9 Å². The highest BCUT2D eigenvalue weighted by Gasteiger charge is 2.44. The first-order valence-electron chi connectivity index (χ1n) is 7.86. The molecule has 1 fully saturated rings. The fourth-order valence-corrected chi connectivity index (χ4v) is 3.37. The summed E-state index contributed by atoms with van der Waals surface area (Å²) in [6, 6.07) is 6.62. The molecule has 0 saturated heterocycles. The third kappa shape index (κ3) is 5.19. The van der Waals surface area contributed by atoms with Crippen molar-refractivity contribution in [2.24, 2.45) is 17.8 Å². The summed E-state index contributed by atoms with van der Waals surface area (Å²) >= 11 is 3.26. The Morgan fingerprint density at radius 3 is 2.56 bits per heavy atom. The lowest BCUT2D eigenvalue weighted by Gasteiger charge is -2.16. The molecular weight excluding hydrogens is 394 g/mol. The van der Waals surface area contributed by atoms with Gasteiger partial charge in [-0.2, -0.15) is 0 Å². The van der Waals surface area contributed by atoms with Crippen molar-refractivity contribution in [3.63, 3.8) is 0 Å². The second-order valence-corrected chi connectivity index (χ2v) is 7.14. The maximum Gasteiger partial charge on any atom is 0.306 e. The van der Waals surface area contributed by atoms with E-state index in [0.29, 0.717) is 5.56 Å². The molecule has 1 aliphatic rings. The fourth-order valence-electron chi connectivity index (χ4n) is 3.10. The zero-order valence-corrected chi connectivity index (χ0v) is 15.2. The van der Waals surface area contributed by atoms with Crippen LogP contribution in [0.25, 0.3) is 0 Å². The molecule has 0 aliphatic heterocycles. The molecule has 0 N–H and O–H groups in total. The summed E-state index contributed by atoms with van der Waals surface area (Å²) in [7, 11) is 0. The molecule has 0 unspecified atom stereocenters. The summed E-state index contributed by atoms with van der Waals surface area (Å²) in [5, 5.41) is 10.8. The molecule has 134 valence electrons. The second-order valence-electron chi connectivity index (χ2n) is 6.23. The molecule has 1 aromatic carbocycles. The highest BCUT2D eigenvalue weighted by Crippen LogP contribution is 2.36. The Bertz CT molecular complexity index is 687. The SMILES string of the molecule is C[C@@H]1CC(=O)[C@H](CC(=O)OCC(=O)c2ccc(Br)cc2)[C@@H]1C[N+](=O)[O-]. The molecule has 2 rings (SSSR count). The van der Waals surface area contributed by atoms with Gasteiger partial charge in [0.05, 0.1) is 6.42 Å². The summed E-state index contributed by atoms with van der Waals surface area (Å²) in [5.74, 6) is -2.52. The van der Waals surface area contributed by atoms with Crippen LogP contribution in [0, 0.1) is 27.9 Å². The van der Waals surface area contributed by atoms with Crippen molar-refractivity contribution in [3.8, 4) is 0 Å². The van der Waals surface area contributed by atoms with E-state index in [4.69, 9.17) is 4.74 Å². The Labute approximate surface area is 153 Å². The zero-order valence-electron chi connectivity index (χ0n) is 13.6. The van der Waals surface area contributed by atoms with Gasteiger partial charge in [0, 0.05) is 33.2 Å². The number of hydrogen-bond acceptors (Lipinski definition) is 6. The first kappa shape index (κ1) is 19.2. The number of hydrogen-bond donors (Lipinski definition) is 0. The molecule has 0 aromatic heterocycles. The quantitative estimate of drug-likeness (QED) is 0.295. The minimum absolute atomic E-state index is 0.139. The highest BCUT2D eigenvalue weighted by molar-refractivity contribution is 9.10. The first-order chi connectivity index (χ1) is 11.8. The summed E-state index contributed by atoms with van der Waals surface area (Å²) in [6.07, 6.45) is 0.00355. The molecule has 1 saturated carbocycles. The fraction of sp³-hybridized carbons (Fsp3) is 0.471. The van der Waals surface area contributed by atoms with Crippen molar-refractivity contribution in [1.82, 2.24) is 0 Å². The number of ether oxygens (including phenoxy) is 1. The zero-order chi connectivity index (χ0) is 18.6. The normalized spacial score (nSPS) is 22.6. The second kappa shape index (κ2) is 8.33. The van der Waals surface area contributed by atoms with E-state index in [9.17, 15) is 24.5 Å². The van der Waals surface area contributed by atoms with Crippen molar-refractivity contribution in [1.29, 1.82) is 0 Å². The first-order valence-corrected chi connectivity index (χ1v) is 8.66. The minimum Gasteiger partial charge on any atom is -0.457 e. The molecule has 1 aliphatic carbocycles. The molecule has 8 heteroatoms. The lowest BCUT2D eigenvalue weighted by Crippen LogP contribution is -2.28. The number of carbonyl (C=O) groups is 3. The van der Waals surface area contributed by atoms with Crippen LogP contribution in [0.2, 0.25) is 0 Å². The van der Waals surface area contributed by atoms with Gasteiger partial charge in [-0.05, 0) is 18.1 Å². The van der Waals surface area contributed by atoms with E-state index in [1.165, 1.54) is 0 Å². The number of nitro groups is 1. The van der Waals surface area contributed by atoms with Gasteiger partial charge < -0.3 is 4.74 Å². The van der Waals surface area contributed by atoms with E-state index < -0.39 is 29.3 Å². The van der Waals surface area contributed by atoms with Crippen molar-refractivity contribution in [2.75, 3.05) is 13.2 Å². The minimum atomic E-state index is -0.712. The van der Waals surface area contributed by atoms with Crippen molar-refractivity contribution in [2.45, 2.75) is 19.8 Å². The van der Waals surface area contributed by atoms with E-state index in [1.807, 2.05) is 0 Å². The number of rotatable bonds is 7. The van der Waals surface area contributed by atoms with E-state index >= 15 is 0 Å². The maximum absolute atomic E-state index is 12.0. The molecule has 3 atom stereocenters. The van der Waals surface area contributed by atoms with Gasteiger partial charge in [-0.1, -0.05) is 35.0 Å². The van der Waals surface area contributed by atoms with Gasteiger partial charge in [0.25, 0.3) is 0 Å². The maximum atomic E-state index is 12.0. The van der Waals surface area contributed by atoms with Crippen LogP contribution < -0.4 is 0 Å². The Hall–Kier alpha value is -2.09. The monoisotopic (exact) mass is 411 g/mol. The molecule has 7 nitrogen and oxygen atoms in total. The van der Waals surface area contributed by atoms with Gasteiger partial charge in [0.2, 0.25) is 6.54 Å². The van der Waals surface area contributed by atoms with Crippen LogP contribution in [-0.2, 0) is 14.3 Å². The number of halogens is 1. The average molecular weight is 412 g/mol. The molecule has 0 amide bonds. The molecule has 25 heavy (non-hydrogen) atoms. The topological polar surface area (TPSA) is 104 Å². The van der Waals surface area contributed by atoms with Crippen molar-refractivity contribution < 1.29 is 24.0 Å². The number of ketones is 2. The number of carbonyl (C=O) groups excluding carboxylic acids is 3. The van der Waals surface area contributed by atoms with Gasteiger partial charge in [-0.3, -0.25) is 24.5 Å². The standard InChI is InChI=1S/C17H18BrNO6/c1-10-6-15(20)13(14(10)8-19(23)24)7-17(22)25-9-16(21)11-2-4-12(18)5-3-11/h2-5,10,13-14H,6-9H2,1H3/t10-,13-,14-/m1/s1. The third-order valence-electron chi connectivity index (χ3n) is 4.46. The molecule has 0 heterocycles. The Morgan fingerprint density at radius 1 is 1.32 bits per heavy atom. The Balaban J connectivity index is 1.90. The number of esters is 1. The molecule has 0 radical (unpaired) electrons. The Morgan fingerprint density at radius 2 is 1.96 bits per heavy atom. The van der Waals surface area contributed by atoms with Crippen LogP contribution in [-0.4, -0.2) is 35.6 Å². The summed E-state index contributed by atoms with van der Waals surface area (Å²) in [4.78, 5) is 46.2. The smallest absolute Gasteiger partial charge is 0.306 e. The molecule has 0 spiro atoms. The predicted molar refractivity (Wildman–Crippen MR) is 91.7 cm³/mol. The van der Waals surface area contributed by atoms with Crippen LogP contribution in [0.5, 0.6) is 0 Å². The van der Waals surface area contributed by atoms with Crippen molar-refractivity contribution >= 4 is 33.5 Å². The van der Waals surface area contributed by atoms with Gasteiger partial charge in [0.1, 0.15) is 5.78 Å². The molecular formula is C17H18BrNO6. The van der Waals surface area contributed by atoms with E-state index in [-0.39, 0.29) is 36.9 Å². The predicted octanol–water partition coefficient (Wildman–Crippen LogP) is 2.68. The Kier molecular flexibility index (Phi) is 6.41. The van der Waals surface area contributed by atoms with Gasteiger partial charge >= 0.3 is 5.97 Å². The van der Waals surface area contributed by atoms with Crippen LogP contribution in [0.15, 0.2) is 28.7 Å². The van der Waals surface area contributed by atoms with Crippen LogP contribution in [0.1, 0.15) is 30.1 Å². The lowest BCUT2D eigenvalue weighted by molar-refractivity contribution is -0.490. The largest absolute Gasteiger partial charge is 0.457 e. The van der Waals surface area contributed by atoms with E-state index in [0.717, 1.165) is 4.47 Å². The summed E-state index contributed by atoms with van der Waals surface area (Å²) in [5.41, 5.74) is 0.410. The summed E-state index contributed by atoms with van der Waals surface area (Å²) < 4.78 is 5.79. The van der Waals surface area contributed by atoms with Crippen LogP contribution in [0.4, 0.5) is 0 Å². The average Bonchev–Trinajstić information content (AvgIpc) is 2.80. The number of benzene rings is 1. The van der Waals surface area contributed by atoms with Crippen molar-refractivity contribution in [3.05, 3.63) is 44.4 Å². The van der Waals surface area contributed by atoms with E-state index in [1.54, 1.807) is 31.2 Å². The van der Waals surface area contributed by atoms with Gasteiger partial charge in [-0.25, -0.2) is 0 Å². The molecule has 0 bridgehead atoms. The van der Waals surface area contributed by atoms with Gasteiger partial charge in [0.15, 0.2) is 12.4 Å². The number of Topliss-reactive ketones (excluding diaryl/α,β-unsaturated/α-hetero) is 2.